The maximum absolute atomic E-state index is 11.9. The number of aryl methyl sites for hydroxylation is 2. The number of hydrogen-bond acceptors (Lipinski definition) is 4. The number of benzene rings is 1. The molecule has 2 aliphatic rings. The Morgan fingerprint density at radius 3 is 2.62 bits per heavy atom. The highest BCUT2D eigenvalue weighted by atomic mass is 16.5. The van der Waals surface area contributed by atoms with E-state index in [0.717, 1.165) is 56.8 Å². The summed E-state index contributed by atoms with van der Waals surface area (Å²) >= 11 is 0. The van der Waals surface area contributed by atoms with Crippen molar-refractivity contribution in [1.82, 2.24) is 9.88 Å². The lowest BCUT2D eigenvalue weighted by Crippen LogP contribution is -2.37. The van der Waals surface area contributed by atoms with E-state index in [1.165, 1.54) is 11.1 Å². The highest BCUT2D eigenvalue weighted by Gasteiger charge is 2.21. The number of ether oxygens (including phenoxy) is 1. The number of rotatable bonds is 4. The molecule has 0 bridgehead atoms. The van der Waals surface area contributed by atoms with Crippen LogP contribution >= 0.6 is 0 Å². The molecule has 0 spiro atoms. The third-order valence-corrected chi connectivity index (χ3v) is 5.58. The molecule has 5 nitrogen and oxygen atoms in total. The summed E-state index contributed by atoms with van der Waals surface area (Å²) in [6.45, 7) is 5.73. The van der Waals surface area contributed by atoms with Crippen LogP contribution in [0.1, 0.15) is 46.6 Å². The molecule has 0 unspecified atom stereocenters. The number of morpholine rings is 1. The van der Waals surface area contributed by atoms with Crippen LogP contribution in [0.4, 0.5) is 0 Å². The average molecular weight is 351 g/mol. The third-order valence-electron chi connectivity index (χ3n) is 5.58. The van der Waals surface area contributed by atoms with Crippen LogP contribution in [0.2, 0.25) is 0 Å². The van der Waals surface area contributed by atoms with Gasteiger partial charge < -0.3 is 10.5 Å². The fraction of sp³-hybridized carbons (Fsp3) is 0.429. The van der Waals surface area contributed by atoms with Crippen LogP contribution in [0, 0.1) is 0 Å². The molecule has 5 heteroatoms. The number of primary amides is 1. The predicted octanol–water partition coefficient (Wildman–Crippen LogP) is 2.73. The van der Waals surface area contributed by atoms with Crippen LogP contribution in [0.5, 0.6) is 0 Å². The number of fused-ring (bicyclic) bond motifs is 1. The molecule has 1 aromatic heterocycles. The first-order chi connectivity index (χ1) is 12.6. The fourth-order valence-electron chi connectivity index (χ4n) is 3.98. The summed E-state index contributed by atoms with van der Waals surface area (Å²) in [4.78, 5) is 19.2. The smallest absolute Gasteiger partial charge is 0.250 e. The number of pyridine rings is 1. The van der Waals surface area contributed by atoms with Gasteiger partial charge >= 0.3 is 0 Å². The van der Waals surface area contributed by atoms with Gasteiger partial charge in [0.2, 0.25) is 0 Å². The number of carbonyl (C=O) groups excluding carboxylic acids is 1. The SMILES string of the molecule is C[C@@H](c1ccc(-c2nc3c(cc2C(N)=O)CCC3)cc1)N1CCOCC1. The molecule has 26 heavy (non-hydrogen) atoms. The van der Waals surface area contributed by atoms with Gasteiger partial charge in [-0.25, -0.2) is 0 Å². The van der Waals surface area contributed by atoms with Crippen molar-refractivity contribution in [2.75, 3.05) is 26.3 Å². The molecule has 1 fully saturated rings. The summed E-state index contributed by atoms with van der Waals surface area (Å²) in [7, 11) is 0. The van der Waals surface area contributed by atoms with E-state index in [1.807, 2.05) is 6.07 Å². The zero-order valence-corrected chi connectivity index (χ0v) is 15.2. The van der Waals surface area contributed by atoms with Gasteiger partial charge in [0, 0.05) is 30.4 Å². The normalized spacial score (nSPS) is 18.5. The number of amides is 1. The van der Waals surface area contributed by atoms with Crippen molar-refractivity contribution in [3.8, 4) is 11.3 Å². The molecule has 2 N–H and O–H groups in total. The van der Waals surface area contributed by atoms with E-state index >= 15 is 0 Å². The molecule has 1 atom stereocenters. The van der Waals surface area contributed by atoms with Crippen molar-refractivity contribution >= 4 is 5.91 Å². The zero-order valence-electron chi connectivity index (χ0n) is 15.2. The first-order valence-corrected chi connectivity index (χ1v) is 9.38. The van der Waals surface area contributed by atoms with Gasteiger partial charge in [0.05, 0.1) is 24.5 Å². The Bertz CT molecular complexity index is 811. The predicted molar refractivity (Wildman–Crippen MR) is 101 cm³/mol. The summed E-state index contributed by atoms with van der Waals surface area (Å²) in [5.41, 5.74) is 11.3. The molecule has 0 radical (unpaired) electrons. The lowest BCUT2D eigenvalue weighted by atomic mass is 9.99. The van der Waals surface area contributed by atoms with Crippen molar-refractivity contribution in [2.24, 2.45) is 5.73 Å². The highest BCUT2D eigenvalue weighted by molar-refractivity contribution is 5.99. The molecule has 1 aliphatic carbocycles. The zero-order chi connectivity index (χ0) is 18.1. The number of hydrogen-bond donors (Lipinski definition) is 1. The minimum Gasteiger partial charge on any atom is -0.379 e. The van der Waals surface area contributed by atoms with Crippen LogP contribution in [0.25, 0.3) is 11.3 Å². The number of carbonyl (C=O) groups is 1. The second-order valence-corrected chi connectivity index (χ2v) is 7.15. The van der Waals surface area contributed by atoms with Gasteiger partial charge in [-0.15, -0.1) is 0 Å². The Hall–Kier alpha value is -2.24. The molecule has 1 amide bonds. The Kier molecular flexibility index (Phi) is 4.74. The summed E-state index contributed by atoms with van der Waals surface area (Å²) in [5, 5.41) is 0. The topological polar surface area (TPSA) is 68.5 Å². The van der Waals surface area contributed by atoms with Gasteiger partial charge in [-0.3, -0.25) is 14.7 Å². The lowest BCUT2D eigenvalue weighted by molar-refractivity contribution is 0.0198. The quantitative estimate of drug-likeness (QED) is 0.920. The number of aromatic nitrogens is 1. The molecular formula is C21H25N3O2. The summed E-state index contributed by atoms with van der Waals surface area (Å²) in [6, 6.07) is 10.7. The summed E-state index contributed by atoms with van der Waals surface area (Å²) in [5.74, 6) is -0.409. The maximum atomic E-state index is 11.9. The average Bonchev–Trinajstić information content (AvgIpc) is 3.15. The maximum Gasteiger partial charge on any atom is 0.250 e. The van der Waals surface area contributed by atoms with Gasteiger partial charge in [-0.1, -0.05) is 24.3 Å². The van der Waals surface area contributed by atoms with Crippen molar-refractivity contribution in [1.29, 1.82) is 0 Å². The molecule has 2 aromatic rings. The van der Waals surface area contributed by atoms with E-state index in [4.69, 9.17) is 15.5 Å². The van der Waals surface area contributed by atoms with E-state index in [1.54, 1.807) is 0 Å². The van der Waals surface area contributed by atoms with Crippen molar-refractivity contribution < 1.29 is 9.53 Å². The Labute approximate surface area is 154 Å². The van der Waals surface area contributed by atoms with Crippen molar-refractivity contribution in [3.05, 3.63) is 52.7 Å². The van der Waals surface area contributed by atoms with Crippen LogP contribution < -0.4 is 5.73 Å². The largest absolute Gasteiger partial charge is 0.379 e. The van der Waals surface area contributed by atoms with Gasteiger partial charge in [-0.2, -0.15) is 0 Å². The molecule has 4 rings (SSSR count). The van der Waals surface area contributed by atoms with Crippen molar-refractivity contribution in [2.45, 2.75) is 32.2 Å². The Morgan fingerprint density at radius 1 is 1.19 bits per heavy atom. The molecule has 0 saturated carbocycles. The van der Waals surface area contributed by atoms with E-state index < -0.39 is 5.91 Å². The molecule has 1 saturated heterocycles. The monoisotopic (exact) mass is 351 g/mol. The van der Waals surface area contributed by atoms with E-state index in [0.29, 0.717) is 17.3 Å². The van der Waals surface area contributed by atoms with Crippen LogP contribution in [-0.4, -0.2) is 42.1 Å². The van der Waals surface area contributed by atoms with Gasteiger partial charge in [0.25, 0.3) is 5.91 Å². The standard InChI is InChI=1S/C21H25N3O2/c1-14(24-9-11-26-12-10-24)15-5-7-16(8-6-15)20-18(21(22)25)13-17-3-2-4-19(17)23-20/h5-8,13-14H,2-4,9-12H2,1H3,(H2,22,25)/t14-/m0/s1. The molecule has 2 heterocycles. The third kappa shape index (κ3) is 3.24. The molecule has 1 aromatic carbocycles. The van der Waals surface area contributed by atoms with Gasteiger partial charge in [0.15, 0.2) is 0 Å². The molecular weight excluding hydrogens is 326 g/mol. The first-order valence-electron chi connectivity index (χ1n) is 9.38. The minimum absolute atomic E-state index is 0.344. The number of nitrogens with two attached hydrogens (primary N) is 1. The van der Waals surface area contributed by atoms with Crippen LogP contribution in [0.15, 0.2) is 30.3 Å². The van der Waals surface area contributed by atoms with Crippen LogP contribution in [0.3, 0.4) is 0 Å². The van der Waals surface area contributed by atoms with Gasteiger partial charge in [0.1, 0.15) is 0 Å². The van der Waals surface area contributed by atoms with E-state index in [-0.39, 0.29) is 0 Å². The fourth-order valence-corrected chi connectivity index (χ4v) is 3.98. The number of nitrogens with zero attached hydrogens (tertiary/aromatic N) is 2. The second-order valence-electron chi connectivity index (χ2n) is 7.15. The summed E-state index contributed by atoms with van der Waals surface area (Å²) in [6.07, 6.45) is 3.06. The first kappa shape index (κ1) is 17.2. The van der Waals surface area contributed by atoms with Crippen LogP contribution in [-0.2, 0) is 17.6 Å². The Morgan fingerprint density at radius 2 is 1.92 bits per heavy atom. The molecule has 136 valence electrons. The van der Waals surface area contributed by atoms with Gasteiger partial charge in [-0.05, 0) is 43.4 Å². The second kappa shape index (κ2) is 7.17. The lowest BCUT2D eigenvalue weighted by Gasteiger charge is -2.32. The Balaban J connectivity index is 1.63. The van der Waals surface area contributed by atoms with Crippen molar-refractivity contribution in [3.63, 3.8) is 0 Å². The molecule has 1 aliphatic heterocycles. The summed E-state index contributed by atoms with van der Waals surface area (Å²) < 4.78 is 5.44. The minimum atomic E-state index is -0.409. The van der Waals surface area contributed by atoms with E-state index in [9.17, 15) is 4.79 Å². The highest BCUT2D eigenvalue weighted by Crippen LogP contribution is 2.30. The van der Waals surface area contributed by atoms with E-state index in [2.05, 4.69) is 36.1 Å².